The summed E-state index contributed by atoms with van der Waals surface area (Å²) < 4.78 is 5.17. The minimum Gasteiger partial charge on any atom is -0.465 e. The number of ether oxygens (including phenoxy) is 1. The molecule has 1 unspecified atom stereocenters. The molecule has 0 aromatic carbocycles. The number of carbonyl (C=O) groups excluding carboxylic acids is 1. The predicted octanol–water partition coefficient (Wildman–Crippen LogP) is 2.18. The summed E-state index contributed by atoms with van der Waals surface area (Å²) in [6, 6.07) is 0.759. The average molecular weight is 270 g/mol. The summed E-state index contributed by atoms with van der Waals surface area (Å²) in [7, 11) is 1.84. The van der Waals surface area contributed by atoms with Crippen molar-refractivity contribution in [1.82, 2.24) is 10.2 Å². The fraction of sp³-hybridized carbons (Fsp3) is 0.933. The van der Waals surface area contributed by atoms with Crippen LogP contribution in [0.25, 0.3) is 0 Å². The van der Waals surface area contributed by atoms with Crippen LogP contribution in [0.4, 0.5) is 0 Å². The Morgan fingerprint density at radius 2 is 2.05 bits per heavy atom. The first-order valence-corrected chi connectivity index (χ1v) is 7.67. The zero-order chi connectivity index (χ0) is 14.3. The third kappa shape index (κ3) is 5.11. The topological polar surface area (TPSA) is 41.6 Å². The molecule has 0 aliphatic heterocycles. The van der Waals surface area contributed by atoms with Crippen LogP contribution in [0.15, 0.2) is 0 Å². The van der Waals surface area contributed by atoms with Crippen LogP contribution in [-0.4, -0.2) is 49.2 Å². The van der Waals surface area contributed by atoms with Crippen molar-refractivity contribution in [3.05, 3.63) is 0 Å². The normalized spacial score (nSPS) is 18.4. The molecule has 19 heavy (non-hydrogen) atoms. The Kier molecular flexibility index (Phi) is 6.80. The SMILES string of the molecule is CCCCN(CCC(C)(NC)C(=O)OCC)C1CC1. The Balaban J connectivity index is 2.47. The van der Waals surface area contributed by atoms with Crippen LogP contribution in [0, 0.1) is 0 Å². The molecule has 0 bridgehead atoms. The summed E-state index contributed by atoms with van der Waals surface area (Å²) in [5, 5.41) is 3.13. The number of carbonyl (C=O) groups is 1. The molecule has 1 fully saturated rings. The summed E-state index contributed by atoms with van der Waals surface area (Å²) >= 11 is 0. The molecule has 1 rings (SSSR count). The quantitative estimate of drug-likeness (QED) is 0.618. The van der Waals surface area contributed by atoms with E-state index in [1.807, 2.05) is 20.9 Å². The number of nitrogens with one attached hydrogen (secondary N) is 1. The highest BCUT2D eigenvalue weighted by Gasteiger charge is 2.35. The van der Waals surface area contributed by atoms with Crippen LogP contribution in [0.2, 0.25) is 0 Å². The molecule has 0 radical (unpaired) electrons. The number of nitrogens with zero attached hydrogens (tertiary/aromatic N) is 1. The van der Waals surface area contributed by atoms with E-state index >= 15 is 0 Å². The first-order chi connectivity index (χ1) is 9.07. The van der Waals surface area contributed by atoms with Gasteiger partial charge in [-0.1, -0.05) is 13.3 Å². The zero-order valence-corrected chi connectivity index (χ0v) is 13.0. The molecule has 0 saturated heterocycles. The highest BCUT2D eigenvalue weighted by molar-refractivity contribution is 5.80. The summed E-state index contributed by atoms with van der Waals surface area (Å²) in [6.07, 6.45) is 5.91. The standard InChI is InChI=1S/C15H30N2O2/c1-5-7-11-17(13-8-9-13)12-10-15(3,16-4)14(18)19-6-2/h13,16H,5-12H2,1-4H3. The van der Waals surface area contributed by atoms with E-state index in [0.29, 0.717) is 6.61 Å². The Morgan fingerprint density at radius 1 is 1.37 bits per heavy atom. The Bertz CT molecular complexity index is 279. The van der Waals surface area contributed by atoms with Crippen LogP contribution in [0.5, 0.6) is 0 Å². The minimum absolute atomic E-state index is 0.135. The number of likely N-dealkylation sites (N-methyl/N-ethyl adjacent to an activating group) is 1. The van der Waals surface area contributed by atoms with Gasteiger partial charge in [0.05, 0.1) is 6.61 Å². The highest BCUT2D eigenvalue weighted by atomic mass is 16.5. The van der Waals surface area contributed by atoms with Gasteiger partial charge in [-0.15, -0.1) is 0 Å². The molecule has 1 aliphatic rings. The van der Waals surface area contributed by atoms with Gasteiger partial charge in [-0.25, -0.2) is 0 Å². The first-order valence-electron chi connectivity index (χ1n) is 7.67. The van der Waals surface area contributed by atoms with Crippen molar-refractivity contribution in [1.29, 1.82) is 0 Å². The fourth-order valence-corrected chi connectivity index (χ4v) is 2.26. The lowest BCUT2D eigenvalue weighted by Crippen LogP contribution is -2.50. The van der Waals surface area contributed by atoms with E-state index in [1.165, 1.54) is 25.7 Å². The maximum absolute atomic E-state index is 12.0. The van der Waals surface area contributed by atoms with Crippen LogP contribution in [0.1, 0.15) is 52.9 Å². The third-order valence-electron chi connectivity index (χ3n) is 4.04. The number of hydrogen-bond acceptors (Lipinski definition) is 4. The van der Waals surface area contributed by atoms with Crippen molar-refractivity contribution < 1.29 is 9.53 Å². The Labute approximate surface area is 117 Å². The van der Waals surface area contributed by atoms with Crippen molar-refractivity contribution >= 4 is 5.97 Å². The molecule has 1 N–H and O–H groups in total. The van der Waals surface area contributed by atoms with Gasteiger partial charge in [-0.05, 0) is 53.1 Å². The number of esters is 1. The maximum Gasteiger partial charge on any atom is 0.326 e. The maximum atomic E-state index is 12.0. The third-order valence-corrected chi connectivity index (χ3v) is 4.04. The van der Waals surface area contributed by atoms with Gasteiger partial charge in [0, 0.05) is 12.6 Å². The average Bonchev–Trinajstić information content (AvgIpc) is 3.23. The lowest BCUT2D eigenvalue weighted by Gasteiger charge is -2.30. The number of rotatable bonds is 10. The van der Waals surface area contributed by atoms with Gasteiger partial charge < -0.3 is 15.0 Å². The van der Waals surface area contributed by atoms with Crippen molar-refractivity contribution in [2.75, 3.05) is 26.7 Å². The first kappa shape index (κ1) is 16.4. The summed E-state index contributed by atoms with van der Waals surface area (Å²) in [6.45, 7) is 8.59. The smallest absolute Gasteiger partial charge is 0.326 e. The molecule has 0 aromatic heterocycles. The molecule has 0 spiro atoms. The number of hydrogen-bond donors (Lipinski definition) is 1. The molecular formula is C15H30N2O2. The van der Waals surface area contributed by atoms with Gasteiger partial charge in [0.1, 0.15) is 5.54 Å². The molecule has 4 heteroatoms. The second-order valence-corrected chi connectivity index (χ2v) is 5.67. The largest absolute Gasteiger partial charge is 0.465 e. The van der Waals surface area contributed by atoms with E-state index in [-0.39, 0.29) is 5.97 Å². The van der Waals surface area contributed by atoms with E-state index < -0.39 is 5.54 Å². The van der Waals surface area contributed by atoms with E-state index in [9.17, 15) is 4.79 Å². The molecule has 1 aliphatic carbocycles. The van der Waals surface area contributed by atoms with Gasteiger partial charge in [0.2, 0.25) is 0 Å². The summed E-state index contributed by atoms with van der Waals surface area (Å²) in [5.74, 6) is -0.135. The van der Waals surface area contributed by atoms with Crippen LogP contribution in [-0.2, 0) is 9.53 Å². The van der Waals surface area contributed by atoms with E-state index in [0.717, 1.165) is 25.6 Å². The molecule has 1 saturated carbocycles. The molecule has 0 amide bonds. The Hall–Kier alpha value is -0.610. The predicted molar refractivity (Wildman–Crippen MR) is 78.2 cm³/mol. The molecule has 0 aromatic rings. The van der Waals surface area contributed by atoms with Gasteiger partial charge in [0.25, 0.3) is 0 Å². The van der Waals surface area contributed by atoms with Gasteiger partial charge in [-0.2, -0.15) is 0 Å². The Morgan fingerprint density at radius 3 is 2.53 bits per heavy atom. The van der Waals surface area contributed by atoms with E-state index in [2.05, 4.69) is 17.1 Å². The van der Waals surface area contributed by atoms with Crippen molar-refractivity contribution in [2.45, 2.75) is 64.5 Å². The van der Waals surface area contributed by atoms with E-state index in [1.54, 1.807) is 0 Å². The lowest BCUT2D eigenvalue weighted by molar-refractivity contribution is -0.150. The van der Waals surface area contributed by atoms with Crippen LogP contribution in [0.3, 0.4) is 0 Å². The molecule has 4 nitrogen and oxygen atoms in total. The lowest BCUT2D eigenvalue weighted by atomic mass is 9.97. The van der Waals surface area contributed by atoms with Crippen LogP contribution >= 0.6 is 0 Å². The van der Waals surface area contributed by atoms with Gasteiger partial charge >= 0.3 is 5.97 Å². The zero-order valence-electron chi connectivity index (χ0n) is 13.0. The van der Waals surface area contributed by atoms with Crippen molar-refractivity contribution in [3.63, 3.8) is 0 Å². The van der Waals surface area contributed by atoms with Crippen molar-refractivity contribution in [3.8, 4) is 0 Å². The molecule has 1 atom stereocenters. The second-order valence-electron chi connectivity index (χ2n) is 5.67. The fourth-order valence-electron chi connectivity index (χ4n) is 2.26. The van der Waals surface area contributed by atoms with Crippen molar-refractivity contribution in [2.24, 2.45) is 0 Å². The minimum atomic E-state index is -0.560. The van der Waals surface area contributed by atoms with E-state index in [4.69, 9.17) is 4.74 Å². The number of unbranched alkanes of at least 4 members (excludes halogenated alkanes) is 1. The summed E-state index contributed by atoms with van der Waals surface area (Å²) in [5.41, 5.74) is -0.560. The molecule has 0 heterocycles. The summed E-state index contributed by atoms with van der Waals surface area (Å²) in [4.78, 5) is 14.5. The van der Waals surface area contributed by atoms with Crippen LogP contribution < -0.4 is 5.32 Å². The second kappa shape index (κ2) is 7.85. The van der Waals surface area contributed by atoms with Gasteiger partial charge in [-0.3, -0.25) is 4.79 Å². The highest BCUT2D eigenvalue weighted by Crippen LogP contribution is 2.28. The van der Waals surface area contributed by atoms with Gasteiger partial charge in [0.15, 0.2) is 0 Å². The monoisotopic (exact) mass is 270 g/mol. The molecular weight excluding hydrogens is 240 g/mol. The molecule has 112 valence electrons.